The summed E-state index contributed by atoms with van der Waals surface area (Å²) in [5.41, 5.74) is 3.86. The number of rotatable bonds is 5. The monoisotopic (exact) mass is 251 g/mol. The molecule has 0 aliphatic heterocycles. The predicted octanol–water partition coefficient (Wildman–Crippen LogP) is 4.25. The van der Waals surface area contributed by atoms with Crippen LogP contribution in [0.3, 0.4) is 0 Å². The number of allylic oxidation sites excluding steroid dienone is 1. The summed E-state index contributed by atoms with van der Waals surface area (Å²) in [5, 5.41) is 10.7. The maximum absolute atomic E-state index is 7.53. The van der Waals surface area contributed by atoms with Crippen molar-refractivity contribution in [1.29, 1.82) is 5.41 Å². The minimum atomic E-state index is 0.771. The van der Waals surface area contributed by atoms with E-state index < -0.39 is 0 Å². The van der Waals surface area contributed by atoms with Crippen LogP contribution in [0.25, 0.3) is 5.57 Å². The molecule has 0 aliphatic rings. The Labute approximate surface area is 113 Å². The van der Waals surface area contributed by atoms with Crippen molar-refractivity contribution in [2.45, 2.75) is 13.3 Å². The number of nitrogens with zero attached hydrogens (tertiary/aromatic N) is 1. The molecule has 2 rings (SSSR count). The van der Waals surface area contributed by atoms with Crippen molar-refractivity contribution in [3.05, 3.63) is 60.3 Å². The van der Waals surface area contributed by atoms with Crippen LogP contribution in [0.2, 0.25) is 0 Å². The number of hydrogen-bond acceptors (Lipinski definition) is 3. The highest BCUT2D eigenvalue weighted by Crippen LogP contribution is 2.24. The molecular formula is C16H17N3. The third-order valence-corrected chi connectivity index (χ3v) is 2.97. The Hall–Kier alpha value is -2.42. The lowest BCUT2D eigenvalue weighted by Crippen LogP contribution is -1.98. The van der Waals surface area contributed by atoms with Crippen molar-refractivity contribution >= 4 is 23.3 Å². The van der Waals surface area contributed by atoms with Gasteiger partial charge in [-0.15, -0.1) is 0 Å². The summed E-state index contributed by atoms with van der Waals surface area (Å²) < 4.78 is 0. The van der Waals surface area contributed by atoms with Crippen LogP contribution < -0.4 is 5.32 Å². The lowest BCUT2D eigenvalue weighted by molar-refractivity contribution is 1.24. The summed E-state index contributed by atoms with van der Waals surface area (Å²) in [6.07, 6.45) is 3.99. The van der Waals surface area contributed by atoms with E-state index in [-0.39, 0.29) is 0 Å². The highest BCUT2D eigenvalue weighted by atomic mass is 15.0. The van der Waals surface area contributed by atoms with Gasteiger partial charge in [0.1, 0.15) is 5.82 Å². The van der Waals surface area contributed by atoms with Crippen LogP contribution in [0.5, 0.6) is 0 Å². The summed E-state index contributed by atoms with van der Waals surface area (Å²) in [4.78, 5) is 4.22. The molecule has 0 unspecified atom stereocenters. The molecule has 0 radical (unpaired) electrons. The van der Waals surface area contributed by atoms with Gasteiger partial charge in [-0.1, -0.05) is 25.6 Å². The van der Waals surface area contributed by atoms with Crippen LogP contribution in [-0.2, 0) is 0 Å². The first-order chi connectivity index (χ1) is 9.24. The van der Waals surface area contributed by atoms with E-state index in [0.29, 0.717) is 0 Å². The van der Waals surface area contributed by atoms with Gasteiger partial charge in [0.25, 0.3) is 0 Å². The molecule has 0 aliphatic carbocycles. The van der Waals surface area contributed by atoms with Crippen LogP contribution in [-0.4, -0.2) is 11.2 Å². The van der Waals surface area contributed by atoms with Crippen molar-refractivity contribution in [1.82, 2.24) is 4.98 Å². The Balaban J connectivity index is 2.31. The minimum Gasteiger partial charge on any atom is -0.340 e. The molecule has 1 heterocycles. The fourth-order valence-electron chi connectivity index (χ4n) is 1.79. The maximum atomic E-state index is 7.53. The molecule has 0 bridgehead atoms. The first-order valence-electron chi connectivity index (χ1n) is 6.25. The molecule has 0 spiro atoms. The second kappa shape index (κ2) is 5.96. The summed E-state index contributed by atoms with van der Waals surface area (Å²) in [7, 11) is 0. The van der Waals surface area contributed by atoms with E-state index in [1.807, 2.05) is 36.4 Å². The van der Waals surface area contributed by atoms with Crippen LogP contribution >= 0.6 is 0 Å². The van der Waals surface area contributed by atoms with E-state index in [0.717, 1.165) is 34.6 Å². The molecule has 0 saturated heterocycles. The standard InChI is InChI=1S/C16H17N3/c1-3-12(2)13-7-8-15(14(10-13)11-17)19-16-6-4-5-9-18-16/h4-11,17H,2-3H2,1H3,(H,18,19). The Kier molecular flexibility index (Phi) is 4.08. The van der Waals surface area contributed by atoms with Gasteiger partial charge in [0.2, 0.25) is 0 Å². The Morgan fingerprint density at radius 3 is 2.84 bits per heavy atom. The third kappa shape index (κ3) is 3.07. The highest BCUT2D eigenvalue weighted by Gasteiger charge is 2.04. The average Bonchev–Trinajstić information content (AvgIpc) is 2.48. The van der Waals surface area contributed by atoms with Gasteiger partial charge in [0, 0.05) is 23.7 Å². The molecule has 2 aromatic rings. The Morgan fingerprint density at radius 1 is 1.37 bits per heavy atom. The van der Waals surface area contributed by atoms with Gasteiger partial charge < -0.3 is 10.7 Å². The van der Waals surface area contributed by atoms with E-state index in [2.05, 4.69) is 23.8 Å². The number of hydrogen-bond donors (Lipinski definition) is 2. The molecule has 0 saturated carbocycles. The molecule has 2 N–H and O–H groups in total. The molecule has 3 heteroatoms. The molecule has 96 valence electrons. The van der Waals surface area contributed by atoms with Gasteiger partial charge in [-0.05, 0) is 41.8 Å². The molecule has 1 aromatic carbocycles. The van der Waals surface area contributed by atoms with Crippen LogP contribution in [0, 0.1) is 5.41 Å². The summed E-state index contributed by atoms with van der Waals surface area (Å²) in [6.45, 7) is 6.10. The van der Waals surface area contributed by atoms with Crippen LogP contribution in [0.4, 0.5) is 11.5 Å². The molecule has 19 heavy (non-hydrogen) atoms. The molecule has 0 atom stereocenters. The Morgan fingerprint density at radius 2 is 2.21 bits per heavy atom. The van der Waals surface area contributed by atoms with Gasteiger partial charge in [0.05, 0.1) is 0 Å². The molecule has 0 amide bonds. The minimum absolute atomic E-state index is 0.771. The topological polar surface area (TPSA) is 48.8 Å². The summed E-state index contributed by atoms with van der Waals surface area (Å²) in [5.74, 6) is 0.771. The first-order valence-corrected chi connectivity index (χ1v) is 6.25. The zero-order valence-electron chi connectivity index (χ0n) is 11.0. The quantitative estimate of drug-likeness (QED) is 0.780. The lowest BCUT2D eigenvalue weighted by atomic mass is 10.0. The fourth-order valence-corrected chi connectivity index (χ4v) is 1.79. The third-order valence-electron chi connectivity index (χ3n) is 2.97. The molecular weight excluding hydrogens is 234 g/mol. The second-order valence-corrected chi connectivity index (χ2v) is 4.24. The molecule has 0 fully saturated rings. The van der Waals surface area contributed by atoms with Gasteiger partial charge in [-0.3, -0.25) is 0 Å². The lowest BCUT2D eigenvalue weighted by Gasteiger charge is -2.11. The number of nitrogens with one attached hydrogen (secondary N) is 2. The first kappa shape index (κ1) is 13.0. The van der Waals surface area contributed by atoms with Crippen LogP contribution in [0.1, 0.15) is 24.5 Å². The van der Waals surface area contributed by atoms with Crippen molar-refractivity contribution in [3.63, 3.8) is 0 Å². The van der Waals surface area contributed by atoms with Gasteiger partial charge in [-0.2, -0.15) is 0 Å². The zero-order valence-corrected chi connectivity index (χ0v) is 11.0. The summed E-state index contributed by atoms with van der Waals surface area (Å²) in [6, 6.07) is 11.6. The van der Waals surface area contributed by atoms with Gasteiger partial charge in [0.15, 0.2) is 0 Å². The largest absolute Gasteiger partial charge is 0.340 e. The van der Waals surface area contributed by atoms with Crippen LogP contribution in [0.15, 0.2) is 49.2 Å². The normalized spacial score (nSPS) is 9.95. The average molecular weight is 251 g/mol. The van der Waals surface area contributed by atoms with E-state index >= 15 is 0 Å². The van der Waals surface area contributed by atoms with E-state index in [9.17, 15) is 0 Å². The van der Waals surface area contributed by atoms with Crippen molar-refractivity contribution in [2.24, 2.45) is 0 Å². The Bertz CT molecular complexity index is 588. The van der Waals surface area contributed by atoms with E-state index in [1.54, 1.807) is 6.20 Å². The highest BCUT2D eigenvalue weighted by molar-refractivity contribution is 5.89. The fraction of sp³-hybridized carbons (Fsp3) is 0.125. The molecule has 3 nitrogen and oxygen atoms in total. The van der Waals surface area contributed by atoms with E-state index in [1.165, 1.54) is 6.21 Å². The molecule has 1 aromatic heterocycles. The van der Waals surface area contributed by atoms with Crippen molar-refractivity contribution in [2.75, 3.05) is 5.32 Å². The number of benzene rings is 1. The smallest absolute Gasteiger partial charge is 0.130 e. The number of aromatic nitrogens is 1. The number of anilines is 2. The van der Waals surface area contributed by atoms with Gasteiger partial charge >= 0.3 is 0 Å². The maximum Gasteiger partial charge on any atom is 0.130 e. The number of pyridine rings is 1. The SMILES string of the molecule is C=C(CC)c1ccc(Nc2ccccn2)c(C=N)c1. The van der Waals surface area contributed by atoms with Crippen molar-refractivity contribution in [3.8, 4) is 0 Å². The second-order valence-electron chi connectivity index (χ2n) is 4.24. The van der Waals surface area contributed by atoms with E-state index in [4.69, 9.17) is 5.41 Å². The predicted molar refractivity (Wildman–Crippen MR) is 81.2 cm³/mol. The van der Waals surface area contributed by atoms with Gasteiger partial charge in [-0.25, -0.2) is 4.98 Å². The van der Waals surface area contributed by atoms with Crippen molar-refractivity contribution < 1.29 is 0 Å². The zero-order chi connectivity index (χ0) is 13.7. The summed E-state index contributed by atoms with van der Waals surface area (Å²) >= 11 is 0.